The molecule has 3 aromatic rings. The predicted molar refractivity (Wildman–Crippen MR) is 77.5 cm³/mol. The number of hydrogen-bond acceptors (Lipinski definition) is 6. The zero-order valence-corrected chi connectivity index (χ0v) is 11.6. The Labute approximate surface area is 118 Å². The summed E-state index contributed by atoms with van der Waals surface area (Å²) in [6.07, 6.45) is 1.78. The number of anilines is 2. The van der Waals surface area contributed by atoms with Gasteiger partial charge in [0.2, 0.25) is 0 Å². The van der Waals surface area contributed by atoms with E-state index < -0.39 is 4.92 Å². The van der Waals surface area contributed by atoms with Crippen LogP contribution in [-0.2, 0) is 7.05 Å². The first kappa shape index (κ1) is 12.5. The normalized spacial score (nSPS) is 10.9. The average Bonchev–Trinajstić information content (AvgIpc) is 2.95. The summed E-state index contributed by atoms with van der Waals surface area (Å²) in [5.41, 5.74) is 3.95. The molecule has 0 spiro atoms. The second kappa shape index (κ2) is 4.57. The lowest BCUT2D eigenvalue weighted by atomic mass is 10.2. The van der Waals surface area contributed by atoms with E-state index in [1.165, 1.54) is 11.3 Å². The highest BCUT2D eigenvalue weighted by Crippen LogP contribution is 2.36. The number of nitrogens with one attached hydrogen (secondary N) is 1. The van der Waals surface area contributed by atoms with Gasteiger partial charge in [-0.05, 0) is 19.1 Å². The van der Waals surface area contributed by atoms with Crippen molar-refractivity contribution in [1.82, 2.24) is 14.8 Å². The Hall–Kier alpha value is -2.48. The zero-order chi connectivity index (χ0) is 14.3. The van der Waals surface area contributed by atoms with Gasteiger partial charge >= 0.3 is 5.69 Å². The summed E-state index contributed by atoms with van der Waals surface area (Å²) in [6.45, 7) is 1.84. The molecule has 102 valence electrons. The summed E-state index contributed by atoms with van der Waals surface area (Å²) in [5, 5.41) is 18.6. The average molecular weight is 289 g/mol. The zero-order valence-electron chi connectivity index (χ0n) is 10.8. The second-order valence-corrected chi connectivity index (χ2v) is 5.23. The first-order chi connectivity index (χ1) is 9.56. The van der Waals surface area contributed by atoms with E-state index in [1.807, 2.05) is 13.0 Å². The highest BCUT2D eigenvalue weighted by atomic mass is 32.1. The van der Waals surface area contributed by atoms with Crippen molar-refractivity contribution in [2.24, 2.45) is 7.05 Å². The Morgan fingerprint density at radius 3 is 2.85 bits per heavy atom. The molecule has 0 fully saturated rings. The largest absolute Gasteiger partial charge is 0.347 e. The monoisotopic (exact) mass is 289 g/mol. The van der Waals surface area contributed by atoms with Gasteiger partial charge in [-0.15, -0.1) is 11.3 Å². The fourth-order valence-electron chi connectivity index (χ4n) is 2.07. The lowest BCUT2D eigenvalue weighted by Gasteiger charge is -2.06. The van der Waals surface area contributed by atoms with E-state index in [2.05, 4.69) is 15.4 Å². The molecule has 0 bridgehead atoms. The standard InChI is InChI=1S/C12H11N5O2S/c1-7-9(5-16(2)15-7)14-8-3-4-10-11(13-6-20-10)12(8)17(18)19/h3-6,14H,1-2H3. The molecule has 0 atom stereocenters. The molecule has 0 aliphatic heterocycles. The third kappa shape index (κ3) is 1.99. The summed E-state index contributed by atoms with van der Waals surface area (Å²) in [4.78, 5) is 15.0. The van der Waals surface area contributed by atoms with Gasteiger partial charge in [0.15, 0.2) is 5.52 Å². The van der Waals surface area contributed by atoms with Crippen LogP contribution in [0.1, 0.15) is 5.69 Å². The minimum atomic E-state index is -0.407. The molecule has 2 aromatic heterocycles. The highest BCUT2D eigenvalue weighted by Gasteiger charge is 2.21. The van der Waals surface area contributed by atoms with Crippen LogP contribution in [0, 0.1) is 17.0 Å². The molecule has 20 heavy (non-hydrogen) atoms. The molecule has 2 heterocycles. The molecule has 0 saturated heterocycles. The van der Waals surface area contributed by atoms with Crippen LogP contribution < -0.4 is 5.32 Å². The van der Waals surface area contributed by atoms with Gasteiger partial charge in [0.25, 0.3) is 0 Å². The third-order valence-electron chi connectivity index (χ3n) is 2.94. The molecule has 1 N–H and O–H groups in total. The minimum absolute atomic E-state index is 0.00740. The van der Waals surface area contributed by atoms with Crippen molar-refractivity contribution in [3.8, 4) is 0 Å². The molecule has 0 radical (unpaired) electrons. The van der Waals surface area contributed by atoms with E-state index in [4.69, 9.17) is 0 Å². The number of nitrogens with zero attached hydrogens (tertiary/aromatic N) is 4. The maximum Gasteiger partial charge on any atom is 0.319 e. The molecule has 7 nitrogen and oxygen atoms in total. The van der Waals surface area contributed by atoms with E-state index >= 15 is 0 Å². The fourth-order valence-corrected chi connectivity index (χ4v) is 2.75. The lowest BCUT2D eigenvalue weighted by molar-refractivity contribution is -0.382. The van der Waals surface area contributed by atoms with E-state index in [1.54, 1.807) is 29.5 Å². The maximum absolute atomic E-state index is 11.3. The van der Waals surface area contributed by atoms with Crippen LogP contribution in [0.5, 0.6) is 0 Å². The molecule has 0 aliphatic rings. The minimum Gasteiger partial charge on any atom is -0.347 e. The summed E-state index contributed by atoms with van der Waals surface area (Å²) >= 11 is 1.38. The quantitative estimate of drug-likeness (QED) is 0.591. The van der Waals surface area contributed by atoms with Crippen molar-refractivity contribution in [3.05, 3.63) is 39.6 Å². The Morgan fingerprint density at radius 2 is 2.20 bits per heavy atom. The number of hydrogen-bond donors (Lipinski definition) is 1. The Kier molecular flexibility index (Phi) is 2.87. The molecule has 0 saturated carbocycles. The smallest absolute Gasteiger partial charge is 0.319 e. The number of aryl methyl sites for hydroxylation is 2. The van der Waals surface area contributed by atoms with Crippen LogP contribution in [0.15, 0.2) is 23.8 Å². The third-order valence-corrected chi connectivity index (χ3v) is 3.74. The lowest BCUT2D eigenvalue weighted by Crippen LogP contribution is -1.98. The molecular formula is C12H11N5O2S. The van der Waals surface area contributed by atoms with E-state index in [0.29, 0.717) is 11.2 Å². The summed E-state index contributed by atoms with van der Waals surface area (Å²) in [6, 6.07) is 3.53. The Bertz CT molecular complexity index is 807. The molecule has 3 rings (SSSR count). The summed E-state index contributed by atoms with van der Waals surface area (Å²) in [7, 11) is 1.80. The number of thiazole rings is 1. The fraction of sp³-hybridized carbons (Fsp3) is 0.167. The first-order valence-corrected chi connectivity index (χ1v) is 6.72. The number of fused-ring (bicyclic) bond motifs is 1. The molecular weight excluding hydrogens is 278 g/mol. The molecule has 1 aromatic carbocycles. The number of benzene rings is 1. The van der Waals surface area contributed by atoms with Crippen molar-refractivity contribution in [3.63, 3.8) is 0 Å². The summed E-state index contributed by atoms with van der Waals surface area (Å²) < 4.78 is 2.45. The van der Waals surface area contributed by atoms with Crippen LogP contribution in [0.3, 0.4) is 0 Å². The number of aromatic nitrogens is 3. The van der Waals surface area contributed by atoms with Crippen molar-refractivity contribution < 1.29 is 4.92 Å². The predicted octanol–water partition coefficient (Wildman–Crippen LogP) is 2.99. The van der Waals surface area contributed by atoms with E-state index in [0.717, 1.165) is 16.1 Å². The second-order valence-electron chi connectivity index (χ2n) is 4.34. The van der Waals surface area contributed by atoms with Gasteiger partial charge < -0.3 is 5.32 Å². The van der Waals surface area contributed by atoms with Gasteiger partial charge in [-0.25, -0.2) is 4.98 Å². The molecule has 0 unspecified atom stereocenters. The molecule has 8 heteroatoms. The van der Waals surface area contributed by atoms with E-state index in [9.17, 15) is 10.1 Å². The molecule has 0 aliphatic carbocycles. The number of nitro benzene ring substituents is 1. The highest BCUT2D eigenvalue weighted by molar-refractivity contribution is 7.16. The SMILES string of the molecule is Cc1nn(C)cc1Nc1ccc2scnc2c1[N+](=O)[O-]. The van der Waals surface area contributed by atoms with E-state index in [-0.39, 0.29) is 5.69 Å². The molecule has 0 amide bonds. The van der Waals surface area contributed by atoms with Crippen LogP contribution in [0.2, 0.25) is 0 Å². The van der Waals surface area contributed by atoms with Crippen LogP contribution in [0.25, 0.3) is 10.2 Å². The van der Waals surface area contributed by atoms with Gasteiger partial charge in [-0.2, -0.15) is 5.10 Å². The topological polar surface area (TPSA) is 85.9 Å². The van der Waals surface area contributed by atoms with Gasteiger partial charge in [0, 0.05) is 13.2 Å². The maximum atomic E-state index is 11.3. The van der Waals surface area contributed by atoms with Crippen molar-refractivity contribution in [2.75, 3.05) is 5.32 Å². The Balaban J connectivity index is 2.13. The van der Waals surface area contributed by atoms with Gasteiger partial charge in [0.05, 0.1) is 26.5 Å². The Morgan fingerprint density at radius 1 is 1.40 bits per heavy atom. The van der Waals surface area contributed by atoms with Crippen LogP contribution >= 0.6 is 11.3 Å². The van der Waals surface area contributed by atoms with Crippen molar-refractivity contribution in [2.45, 2.75) is 6.92 Å². The number of nitro groups is 1. The van der Waals surface area contributed by atoms with Crippen LogP contribution in [0.4, 0.5) is 17.1 Å². The number of rotatable bonds is 3. The first-order valence-electron chi connectivity index (χ1n) is 5.84. The van der Waals surface area contributed by atoms with Crippen molar-refractivity contribution in [1.29, 1.82) is 0 Å². The van der Waals surface area contributed by atoms with Crippen LogP contribution in [-0.4, -0.2) is 19.7 Å². The van der Waals surface area contributed by atoms with Crippen molar-refractivity contribution >= 4 is 38.6 Å². The van der Waals surface area contributed by atoms with Gasteiger partial charge in [-0.1, -0.05) is 0 Å². The summed E-state index contributed by atoms with van der Waals surface area (Å²) in [5.74, 6) is 0. The van der Waals surface area contributed by atoms with Gasteiger partial charge in [0.1, 0.15) is 5.69 Å². The van der Waals surface area contributed by atoms with Gasteiger partial charge in [-0.3, -0.25) is 14.8 Å².